The lowest BCUT2D eigenvalue weighted by Crippen LogP contribution is -2.18. The lowest BCUT2D eigenvalue weighted by Gasteiger charge is -2.08. The van der Waals surface area contributed by atoms with Gasteiger partial charge in [-0.3, -0.25) is 9.36 Å². The molecular weight excluding hydrogens is 306 g/mol. The zero-order valence-electron chi connectivity index (χ0n) is 10.3. The molecule has 2 rings (SSSR count). The van der Waals surface area contributed by atoms with Gasteiger partial charge in [-0.15, -0.1) is 16.4 Å². The van der Waals surface area contributed by atoms with E-state index in [0.717, 1.165) is 0 Å². The van der Waals surface area contributed by atoms with Gasteiger partial charge in [0.05, 0.1) is 14.5 Å². The summed E-state index contributed by atoms with van der Waals surface area (Å²) in [5, 5.41) is 6.50. The third-order valence-corrected chi connectivity index (χ3v) is 4.84. The second-order valence-corrected chi connectivity index (χ2v) is 6.81. The highest BCUT2D eigenvalue weighted by atomic mass is 35.5. The van der Waals surface area contributed by atoms with Gasteiger partial charge in [-0.25, -0.2) is 9.89 Å². The van der Waals surface area contributed by atoms with Gasteiger partial charge in [-0.2, -0.15) is 0 Å². The van der Waals surface area contributed by atoms with E-state index in [4.69, 9.17) is 11.6 Å². The molecule has 2 aromatic rings. The lowest BCUT2D eigenvalue weighted by atomic mass is 10.2. The van der Waals surface area contributed by atoms with Crippen molar-refractivity contribution in [1.29, 1.82) is 0 Å². The van der Waals surface area contributed by atoms with Crippen LogP contribution in [-0.4, -0.2) is 25.8 Å². The monoisotopic (exact) mass is 317 g/mol. The fraction of sp³-hybridized carbons (Fsp3) is 0.364. The van der Waals surface area contributed by atoms with Gasteiger partial charge in [0.15, 0.2) is 10.9 Å². The van der Waals surface area contributed by atoms with Gasteiger partial charge < -0.3 is 0 Å². The minimum atomic E-state index is -0.324. The minimum Gasteiger partial charge on any atom is -0.292 e. The fourth-order valence-electron chi connectivity index (χ4n) is 1.53. The van der Waals surface area contributed by atoms with E-state index in [2.05, 4.69) is 10.2 Å². The number of hydrogen-bond acceptors (Lipinski definition) is 5. The average Bonchev–Trinajstić information content (AvgIpc) is 2.95. The molecule has 0 aliphatic heterocycles. The van der Waals surface area contributed by atoms with Gasteiger partial charge >= 0.3 is 5.69 Å². The molecule has 0 spiro atoms. The van der Waals surface area contributed by atoms with Gasteiger partial charge in [0, 0.05) is 6.54 Å². The van der Waals surface area contributed by atoms with Gasteiger partial charge in [-0.05, 0) is 26.0 Å². The maximum Gasteiger partial charge on any atom is 0.343 e. The van der Waals surface area contributed by atoms with E-state index in [9.17, 15) is 9.59 Å². The number of hydrogen-bond donors (Lipinski definition) is 1. The molecule has 0 saturated carbocycles. The van der Waals surface area contributed by atoms with Crippen molar-refractivity contribution in [2.75, 3.05) is 0 Å². The number of thioether (sulfide) groups is 1. The van der Waals surface area contributed by atoms with Crippen LogP contribution in [0.15, 0.2) is 22.1 Å². The van der Waals surface area contributed by atoms with Crippen molar-refractivity contribution in [3.8, 4) is 0 Å². The SMILES string of the molecule is CCn1c(SC(C)C(=O)c2ccc(Cl)s2)n[nH]c1=O. The van der Waals surface area contributed by atoms with Crippen molar-refractivity contribution >= 4 is 40.5 Å². The van der Waals surface area contributed by atoms with Crippen molar-refractivity contribution in [3.63, 3.8) is 0 Å². The highest BCUT2D eigenvalue weighted by molar-refractivity contribution is 8.00. The Kier molecular flexibility index (Phi) is 4.49. The van der Waals surface area contributed by atoms with E-state index in [0.29, 0.717) is 20.9 Å². The number of nitrogens with one attached hydrogen (secondary N) is 1. The molecule has 0 fully saturated rings. The van der Waals surface area contributed by atoms with Gasteiger partial charge in [0.25, 0.3) is 0 Å². The smallest absolute Gasteiger partial charge is 0.292 e. The Morgan fingerprint density at radius 1 is 1.63 bits per heavy atom. The fourth-order valence-corrected chi connectivity index (χ4v) is 3.67. The maximum absolute atomic E-state index is 12.2. The first-order valence-electron chi connectivity index (χ1n) is 5.64. The summed E-state index contributed by atoms with van der Waals surface area (Å²) >= 11 is 8.34. The number of thiophene rings is 1. The average molecular weight is 318 g/mol. The summed E-state index contributed by atoms with van der Waals surface area (Å²) in [4.78, 5) is 24.2. The Balaban J connectivity index is 2.14. The first kappa shape index (κ1) is 14.4. The molecule has 0 radical (unpaired) electrons. The molecule has 0 aromatic carbocycles. The first-order valence-corrected chi connectivity index (χ1v) is 7.71. The van der Waals surface area contributed by atoms with Crippen LogP contribution in [0, 0.1) is 0 Å². The predicted octanol–water partition coefficient (Wildman–Crippen LogP) is 2.67. The molecule has 19 heavy (non-hydrogen) atoms. The number of H-pyrrole nitrogens is 1. The van der Waals surface area contributed by atoms with E-state index in [-0.39, 0.29) is 16.7 Å². The number of rotatable bonds is 5. The number of halogens is 1. The lowest BCUT2D eigenvalue weighted by molar-refractivity contribution is 0.0997. The highest BCUT2D eigenvalue weighted by Gasteiger charge is 2.21. The van der Waals surface area contributed by atoms with E-state index in [1.165, 1.54) is 27.7 Å². The van der Waals surface area contributed by atoms with Crippen LogP contribution in [0.1, 0.15) is 23.5 Å². The van der Waals surface area contributed by atoms with E-state index < -0.39 is 0 Å². The van der Waals surface area contributed by atoms with Crippen LogP contribution in [0.2, 0.25) is 4.34 Å². The Labute approximate surface area is 123 Å². The molecule has 1 atom stereocenters. The Morgan fingerprint density at radius 3 is 2.95 bits per heavy atom. The molecule has 2 aromatic heterocycles. The van der Waals surface area contributed by atoms with Crippen molar-refractivity contribution in [1.82, 2.24) is 14.8 Å². The normalized spacial score (nSPS) is 12.6. The van der Waals surface area contributed by atoms with Gasteiger partial charge in [0.1, 0.15) is 0 Å². The molecule has 8 heteroatoms. The maximum atomic E-state index is 12.2. The van der Waals surface area contributed by atoms with Crippen molar-refractivity contribution in [2.45, 2.75) is 30.8 Å². The van der Waals surface area contributed by atoms with Crippen molar-refractivity contribution in [2.24, 2.45) is 0 Å². The summed E-state index contributed by atoms with van der Waals surface area (Å²) in [6.07, 6.45) is 0. The van der Waals surface area contributed by atoms with Crippen LogP contribution in [0.4, 0.5) is 0 Å². The summed E-state index contributed by atoms with van der Waals surface area (Å²) in [5.41, 5.74) is -0.260. The third kappa shape index (κ3) is 3.10. The van der Waals surface area contributed by atoms with E-state index in [1.807, 2.05) is 6.92 Å². The summed E-state index contributed by atoms with van der Waals surface area (Å²) in [6, 6.07) is 3.41. The van der Waals surface area contributed by atoms with Crippen LogP contribution >= 0.6 is 34.7 Å². The number of carbonyl (C=O) groups excluding carboxylic acids is 1. The number of nitrogens with zero attached hydrogens (tertiary/aromatic N) is 2. The predicted molar refractivity (Wildman–Crippen MR) is 77.5 cm³/mol. The van der Waals surface area contributed by atoms with Crippen LogP contribution < -0.4 is 5.69 Å². The number of ketones is 1. The van der Waals surface area contributed by atoms with Crippen molar-refractivity contribution < 1.29 is 4.79 Å². The van der Waals surface area contributed by atoms with Gasteiger partial charge in [-0.1, -0.05) is 23.4 Å². The Bertz CT molecular complexity index is 646. The first-order chi connectivity index (χ1) is 9.02. The summed E-state index contributed by atoms with van der Waals surface area (Å²) < 4.78 is 2.08. The minimum absolute atomic E-state index is 0.0139. The molecule has 0 aliphatic carbocycles. The van der Waals surface area contributed by atoms with E-state index >= 15 is 0 Å². The largest absolute Gasteiger partial charge is 0.343 e. The Hall–Kier alpha value is -1.05. The standard InChI is InChI=1S/C11H12ClN3O2S2/c1-3-15-10(17)13-14-11(15)18-6(2)9(16)7-4-5-8(12)19-7/h4-6H,3H2,1-2H3,(H,13,17). The second-order valence-electron chi connectivity index (χ2n) is 3.78. The highest BCUT2D eigenvalue weighted by Crippen LogP contribution is 2.28. The molecule has 0 bridgehead atoms. The zero-order valence-corrected chi connectivity index (χ0v) is 12.7. The van der Waals surface area contributed by atoms with Crippen LogP contribution in [0.25, 0.3) is 0 Å². The van der Waals surface area contributed by atoms with E-state index in [1.54, 1.807) is 19.1 Å². The Morgan fingerprint density at radius 2 is 2.37 bits per heavy atom. The molecule has 5 nitrogen and oxygen atoms in total. The number of carbonyl (C=O) groups is 1. The number of Topliss-reactive ketones (excluding diaryl/α,β-unsaturated/α-hetero) is 1. The zero-order chi connectivity index (χ0) is 14.0. The van der Waals surface area contributed by atoms with Crippen LogP contribution in [0.3, 0.4) is 0 Å². The molecule has 1 N–H and O–H groups in total. The molecular formula is C11H12ClN3O2S2. The van der Waals surface area contributed by atoms with Crippen LogP contribution in [-0.2, 0) is 6.54 Å². The van der Waals surface area contributed by atoms with Gasteiger partial charge in [0.2, 0.25) is 0 Å². The molecule has 102 valence electrons. The van der Waals surface area contributed by atoms with Crippen molar-refractivity contribution in [3.05, 3.63) is 31.8 Å². The molecule has 0 saturated heterocycles. The third-order valence-electron chi connectivity index (χ3n) is 2.51. The van der Waals surface area contributed by atoms with Crippen LogP contribution in [0.5, 0.6) is 0 Å². The topological polar surface area (TPSA) is 67.8 Å². The summed E-state index contributed by atoms with van der Waals surface area (Å²) in [7, 11) is 0. The molecule has 1 unspecified atom stereocenters. The number of aromatic amines is 1. The molecule has 2 heterocycles. The number of aromatic nitrogens is 3. The summed E-state index contributed by atoms with van der Waals surface area (Å²) in [6.45, 7) is 4.16. The quantitative estimate of drug-likeness (QED) is 0.680. The summed E-state index contributed by atoms with van der Waals surface area (Å²) in [5.74, 6) is -0.0139. The molecule has 0 amide bonds. The second kappa shape index (κ2) is 5.94. The molecule has 0 aliphatic rings.